The third kappa shape index (κ3) is 2.69. The number of likely N-dealkylation sites (tertiary alicyclic amines) is 1. The summed E-state index contributed by atoms with van der Waals surface area (Å²) in [5, 5.41) is -0.925. The van der Waals surface area contributed by atoms with Gasteiger partial charge in [0, 0.05) is 25.4 Å². The lowest BCUT2D eigenvalue weighted by atomic mass is 9.79. The van der Waals surface area contributed by atoms with Gasteiger partial charge in [-0.15, -0.1) is 0 Å². The van der Waals surface area contributed by atoms with Crippen LogP contribution in [0.15, 0.2) is 0 Å². The third-order valence-corrected chi connectivity index (χ3v) is 5.88. The van der Waals surface area contributed by atoms with E-state index in [9.17, 15) is 13.2 Å². The number of nitrogens with zero attached hydrogens (tertiary/aromatic N) is 1. The summed E-state index contributed by atoms with van der Waals surface area (Å²) < 4.78 is 22.9. The van der Waals surface area contributed by atoms with Crippen molar-refractivity contribution in [3.8, 4) is 0 Å². The number of sulfone groups is 1. The van der Waals surface area contributed by atoms with Crippen LogP contribution in [0, 0.1) is 11.8 Å². The summed E-state index contributed by atoms with van der Waals surface area (Å²) in [4.78, 5) is 13.9. The van der Waals surface area contributed by atoms with Crippen molar-refractivity contribution >= 4 is 15.7 Å². The van der Waals surface area contributed by atoms with Crippen molar-refractivity contribution in [3.05, 3.63) is 0 Å². The van der Waals surface area contributed by atoms with Gasteiger partial charge in [0.15, 0.2) is 9.84 Å². The van der Waals surface area contributed by atoms with Gasteiger partial charge in [-0.05, 0) is 38.0 Å². The Morgan fingerprint density at radius 1 is 1.28 bits per heavy atom. The summed E-state index contributed by atoms with van der Waals surface area (Å²) in [5.41, 5.74) is 5.94. The maximum Gasteiger partial charge on any atom is 0.240 e. The van der Waals surface area contributed by atoms with E-state index in [-0.39, 0.29) is 11.9 Å². The number of carbonyl (C=O) groups excluding carboxylic acids is 1. The average Bonchev–Trinajstić information content (AvgIpc) is 2.68. The highest BCUT2D eigenvalue weighted by molar-refractivity contribution is 7.92. The molecule has 104 valence electrons. The van der Waals surface area contributed by atoms with Gasteiger partial charge in [0.25, 0.3) is 0 Å². The molecule has 0 bridgehead atoms. The van der Waals surface area contributed by atoms with Gasteiger partial charge in [-0.1, -0.05) is 0 Å². The van der Waals surface area contributed by atoms with Crippen LogP contribution < -0.4 is 5.73 Å². The van der Waals surface area contributed by atoms with Crippen LogP contribution in [0.25, 0.3) is 0 Å². The molecule has 0 aromatic carbocycles. The maximum atomic E-state index is 12.1. The van der Waals surface area contributed by atoms with Crippen molar-refractivity contribution in [1.29, 1.82) is 0 Å². The molecule has 0 aromatic heterocycles. The quantitative estimate of drug-likeness (QED) is 0.769. The SMILES string of the molecule is CC(C(=O)N1C[C@H]2CCC(N)C[C@H]2C1)S(C)(=O)=O. The molecular weight excluding hydrogens is 252 g/mol. The van der Waals surface area contributed by atoms with Crippen molar-refractivity contribution < 1.29 is 13.2 Å². The van der Waals surface area contributed by atoms with Crippen LogP contribution in [0.2, 0.25) is 0 Å². The molecule has 2 unspecified atom stereocenters. The van der Waals surface area contributed by atoms with Gasteiger partial charge in [0.2, 0.25) is 5.91 Å². The van der Waals surface area contributed by atoms with Gasteiger partial charge in [-0.2, -0.15) is 0 Å². The zero-order chi connectivity index (χ0) is 13.5. The molecule has 0 spiro atoms. The van der Waals surface area contributed by atoms with E-state index in [1.165, 1.54) is 6.92 Å². The first kappa shape index (κ1) is 13.8. The fraction of sp³-hybridized carbons (Fsp3) is 0.917. The van der Waals surface area contributed by atoms with Crippen LogP contribution in [0.4, 0.5) is 0 Å². The first-order valence-electron chi connectivity index (χ1n) is 6.52. The second kappa shape index (κ2) is 4.81. The molecule has 0 aromatic rings. The zero-order valence-electron chi connectivity index (χ0n) is 11.0. The molecule has 5 nitrogen and oxygen atoms in total. The van der Waals surface area contributed by atoms with Crippen molar-refractivity contribution in [2.45, 2.75) is 37.5 Å². The molecule has 6 heteroatoms. The molecule has 4 atom stereocenters. The Balaban J connectivity index is 2.02. The molecule has 1 saturated heterocycles. The summed E-state index contributed by atoms with van der Waals surface area (Å²) in [5.74, 6) is 0.727. The second-order valence-corrected chi connectivity index (χ2v) is 8.17. The topological polar surface area (TPSA) is 80.5 Å². The molecule has 2 fully saturated rings. The van der Waals surface area contributed by atoms with Crippen LogP contribution in [-0.4, -0.2) is 49.9 Å². The highest BCUT2D eigenvalue weighted by atomic mass is 32.2. The lowest BCUT2D eigenvalue weighted by Gasteiger charge is -2.27. The maximum absolute atomic E-state index is 12.1. The molecule has 1 saturated carbocycles. The van der Waals surface area contributed by atoms with E-state index in [0.29, 0.717) is 24.9 Å². The summed E-state index contributed by atoms with van der Waals surface area (Å²) in [6.45, 7) is 2.86. The molecule has 0 radical (unpaired) electrons. The van der Waals surface area contributed by atoms with E-state index in [4.69, 9.17) is 5.73 Å². The number of nitrogens with two attached hydrogens (primary N) is 1. The van der Waals surface area contributed by atoms with Crippen molar-refractivity contribution in [1.82, 2.24) is 4.90 Å². The lowest BCUT2D eigenvalue weighted by Crippen LogP contribution is -2.40. The Morgan fingerprint density at radius 3 is 2.50 bits per heavy atom. The van der Waals surface area contributed by atoms with Gasteiger partial charge < -0.3 is 10.6 Å². The molecule has 1 heterocycles. The van der Waals surface area contributed by atoms with E-state index in [2.05, 4.69) is 0 Å². The lowest BCUT2D eigenvalue weighted by molar-refractivity contribution is -0.129. The van der Waals surface area contributed by atoms with Crippen molar-refractivity contribution in [2.24, 2.45) is 17.6 Å². The average molecular weight is 274 g/mol. The molecule has 2 aliphatic rings. The molecule has 1 amide bonds. The minimum atomic E-state index is -3.30. The number of amides is 1. The summed E-state index contributed by atoms with van der Waals surface area (Å²) >= 11 is 0. The normalized spacial score (nSPS) is 34.2. The van der Waals surface area contributed by atoms with E-state index in [1.54, 1.807) is 4.90 Å². The predicted molar refractivity (Wildman–Crippen MR) is 69.7 cm³/mol. The number of hydrogen-bond donors (Lipinski definition) is 1. The van der Waals surface area contributed by atoms with Crippen LogP contribution in [0.1, 0.15) is 26.2 Å². The van der Waals surface area contributed by atoms with Gasteiger partial charge in [0.1, 0.15) is 5.25 Å². The van der Waals surface area contributed by atoms with Crippen LogP contribution >= 0.6 is 0 Å². The van der Waals surface area contributed by atoms with Gasteiger partial charge in [0.05, 0.1) is 0 Å². The number of rotatable bonds is 2. The zero-order valence-corrected chi connectivity index (χ0v) is 11.8. The summed E-state index contributed by atoms with van der Waals surface area (Å²) in [6.07, 6.45) is 4.16. The Hall–Kier alpha value is -0.620. The number of hydrogen-bond acceptors (Lipinski definition) is 4. The molecule has 2 N–H and O–H groups in total. The van der Waals surface area contributed by atoms with Crippen molar-refractivity contribution in [3.63, 3.8) is 0 Å². The number of carbonyl (C=O) groups is 1. The Morgan fingerprint density at radius 2 is 1.89 bits per heavy atom. The summed E-state index contributed by atoms with van der Waals surface area (Å²) in [7, 11) is -3.30. The fourth-order valence-corrected chi connectivity index (χ4v) is 3.60. The van der Waals surface area contributed by atoms with Crippen LogP contribution in [0.5, 0.6) is 0 Å². The Labute approximate surface area is 109 Å². The van der Waals surface area contributed by atoms with Gasteiger partial charge in [-0.25, -0.2) is 8.42 Å². The van der Waals surface area contributed by atoms with E-state index in [1.807, 2.05) is 0 Å². The van der Waals surface area contributed by atoms with E-state index >= 15 is 0 Å². The van der Waals surface area contributed by atoms with Crippen molar-refractivity contribution in [2.75, 3.05) is 19.3 Å². The first-order chi connectivity index (χ1) is 8.29. The predicted octanol–water partition coefficient (Wildman–Crippen LogP) is 0.00530. The van der Waals surface area contributed by atoms with Gasteiger partial charge >= 0.3 is 0 Å². The van der Waals surface area contributed by atoms with Crippen LogP contribution in [0.3, 0.4) is 0 Å². The van der Waals surface area contributed by atoms with E-state index in [0.717, 1.165) is 25.5 Å². The standard InChI is InChI=1S/C12H22N2O3S/c1-8(18(2,16)17)12(15)14-6-9-3-4-11(13)5-10(9)7-14/h8-11H,3-7,13H2,1-2H3/t8?,9-,10+,11?/m1/s1. The molecular formula is C12H22N2O3S. The summed E-state index contributed by atoms with van der Waals surface area (Å²) in [6, 6.07) is 0.244. The third-order valence-electron chi connectivity index (χ3n) is 4.39. The molecule has 1 aliphatic heterocycles. The Kier molecular flexibility index (Phi) is 3.69. The fourth-order valence-electron chi connectivity index (χ4n) is 3.09. The van der Waals surface area contributed by atoms with Gasteiger partial charge in [-0.3, -0.25) is 4.79 Å². The Bertz CT molecular complexity index is 435. The van der Waals surface area contributed by atoms with Crippen LogP contribution in [-0.2, 0) is 14.6 Å². The first-order valence-corrected chi connectivity index (χ1v) is 8.47. The smallest absolute Gasteiger partial charge is 0.240 e. The minimum Gasteiger partial charge on any atom is -0.341 e. The highest BCUT2D eigenvalue weighted by Crippen LogP contribution is 2.36. The number of fused-ring (bicyclic) bond motifs is 1. The highest BCUT2D eigenvalue weighted by Gasteiger charge is 2.40. The minimum absolute atomic E-state index is 0.244. The second-order valence-electron chi connectivity index (χ2n) is 5.81. The largest absolute Gasteiger partial charge is 0.341 e. The van der Waals surface area contributed by atoms with E-state index < -0.39 is 15.1 Å². The molecule has 1 aliphatic carbocycles. The monoisotopic (exact) mass is 274 g/mol. The molecule has 2 rings (SSSR count). The molecule has 18 heavy (non-hydrogen) atoms.